The lowest BCUT2D eigenvalue weighted by Crippen LogP contribution is -2.21. The van der Waals surface area contributed by atoms with Crippen LogP contribution in [0.15, 0.2) is 0 Å². The molecule has 4 heteroatoms. The van der Waals surface area contributed by atoms with Gasteiger partial charge in [0.1, 0.15) is 6.10 Å². The van der Waals surface area contributed by atoms with E-state index in [1.54, 1.807) is 0 Å². The van der Waals surface area contributed by atoms with Gasteiger partial charge in [-0.2, -0.15) is 0 Å². The molecule has 0 aliphatic heterocycles. The molecule has 0 saturated carbocycles. The smallest absolute Gasteiger partial charge is 0.307 e. The Morgan fingerprint density at radius 2 is 0.674 bits per heavy atom. The Labute approximate surface area is 288 Å². The third-order valence-corrected chi connectivity index (χ3v) is 9.81. The normalized spacial score (nSPS) is 12.0. The summed E-state index contributed by atoms with van der Waals surface area (Å²) in [6.45, 7) is 4.56. The first-order valence-corrected chi connectivity index (χ1v) is 21.0. The minimum atomic E-state index is -0.873. The number of hydrogen-bond acceptors (Lipinski definition) is 3. The van der Waals surface area contributed by atoms with Crippen LogP contribution in [-0.4, -0.2) is 23.1 Å². The summed E-state index contributed by atoms with van der Waals surface area (Å²) in [6, 6.07) is 0. The fourth-order valence-electron chi connectivity index (χ4n) is 6.73. The van der Waals surface area contributed by atoms with Crippen molar-refractivity contribution in [1.82, 2.24) is 0 Å². The summed E-state index contributed by atoms with van der Waals surface area (Å²) in [5, 5.41) is 9.28. The maximum atomic E-state index is 12.4. The molecule has 0 amide bonds. The Morgan fingerprint density at radius 1 is 0.413 bits per heavy atom. The summed E-state index contributed by atoms with van der Waals surface area (Å²) < 4.78 is 5.60. The van der Waals surface area contributed by atoms with Crippen molar-refractivity contribution in [3.63, 3.8) is 0 Å². The van der Waals surface area contributed by atoms with E-state index in [1.807, 2.05) is 0 Å². The third-order valence-electron chi connectivity index (χ3n) is 9.81. The van der Waals surface area contributed by atoms with Crippen molar-refractivity contribution in [1.29, 1.82) is 0 Å². The number of carbonyl (C=O) groups excluding carboxylic acids is 1. The van der Waals surface area contributed by atoms with Crippen molar-refractivity contribution in [2.75, 3.05) is 0 Å². The molecule has 0 rings (SSSR count). The van der Waals surface area contributed by atoms with Crippen LogP contribution < -0.4 is 0 Å². The molecule has 1 N–H and O–H groups in total. The number of carbonyl (C=O) groups is 2. The fourth-order valence-corrected chi connectivity index (χ4v) is 6.73. The monoisotopic (exact) mass is 651 g/mol. The van der Waals surface area contributed by atoms with Crippen molar-refractivity contribution in [3.05, 3.63) is 0 Å². The molecule has 274 valence electrons. The molecule has 0 aliphatic rings. The van der Waals surface area contributed by atoms with Crippen molar-refractivity contribution in [2.24, 2.45) is 0 Å². The van der Waals surface area contributed by atoms with Crippen LogP contribution in [0.2, 0.25) is 0 Å². The van der Waals surface area contributed by atoms with Crippen LogP contribution in [0.5, 0.6) is 0 Å². The van der Waals surface area contributed by atoms with E-state index in [2.05, 4.69) is 13.8 Å². The lowest BCUT2D eigenvalue weighted by atomic mass is 10.0. The number of carboxylic acids is 1. The first-order chi connectivity index (χ1) is 22.6. The lowest BCUT2D eigenvalue weighted by Gasteiger charge is -2.16. The first kappa shape index (κ1) is 44.9. The molecular weight excluding hydrogens is 568 g/mol. The molecule has 0 bridgehead atoms. The highest BCUT2D eigenvalue weighted by Gasteiger charge is 2.17. The second-order valence-corrected chi connectivity index (χ2v) is 14.6. The molecule has 1 atom stereocenters. The van der Waals surface area contributed by atoms with Gasteiger partial charge < -0.3 is 9.84 Å². The average molecular weight is 651 g/mol. The molecule has 1 unspecified atom stereocenters. The van der Waals surface area contributed by atoms with Crippen LogP contribution in [0, 0.1) is 0 Å². The molecule has 0 heterocycles. The van der Waals surface area contributed by atoms with E-state index in [4.69, 9.17) is 4.74 Å². The molecule has 4 nitrogen and oxygen atoms in total. The zero-order chi connectivity index (χ0) is 33.6. The summed E-state index contributed by atoms with van der Waals surface area (Å²) in [4.78, 5) is 23.7. The average Bonchev–Trinajstić information content (AvgIpc) is 3.03. The van der Waals surface area contributed by atoms with E-state index < -0.39 is 12.1 Å². The van der Waals surface area contributed by atoms with Crippen LogP contribution in [0.3, 0.4) is 0 Å². The maximum absolute atomic E-state index is 12.4. The standard InChI is InChI=1S/C42H82O4/c1-3-5-7-9-11-13-15-17-19-20-21-22-24-25-27-29-31-33-35-37-40(39-41(43)44)46-42(45)38-36-34-32-30-28-26-23-18-16-14-12-10-8-6-4-2/h40H,3-39H2,1-2H3,(H,43,44). The van der Waals surface area contributed by atoms with E-state index in [1.165, 1.54) is 193 Å². The lowest BCUT2D eigenvalue weighted by molar-refractivity contribution is -0.153. The number of unbranched alkanes of at least 4 members (excludes halogenated alkanes) is 32. The zero-order valence-electron chi connectivity index (χ0n) is 31.4. The van der Waals surface area contributed by atoms with Crippen molar-refractivity contribution in [2.45, 2.75) is 258 Å². The molecule has 0 aromatic carbocycles. The number of hydrogen-bond donors (Lipinski definition) is 1. The van der Waals surface area contributed by atoms with Gasteiger partial charge in [-0.1, -0.05) is 219 Å². The van der Waals surface area contributed by atoms with Crippen LogP contribution in [0.1, 0.15) is 251 Å². The zero-order valence-corrected chi connectivity index (χ0v) is 31.4. The van der Waals surface area contributed by atoms with Crippen LogP contribution >= 0.6 is 0 Å². The van der Waals surface area contributed by atoms with Crippen LogP contribution in [0.4, 0.5) is 0 Å². The van der Waals surface area contributed by atoms with Gasteiger partial charge in [-0.15, -0.1) is 0 Å². The van der Waals surface area contributed by atoms with Gasteiger partial charge in [0.15, 0.2) is 0 Å². The van der Waals surface area contributed by atoms with E-state index in [0.717, 1.165) is 25.7 Å². The molecule has 0 fully saturated rings. The number of esters is 1. The van der Waals surface area contributed by atoms with Crippen molar-refractivity contribution >= 4 is 11.9 Å². The minimum Gasteiger partial charge on any atom is -0.481 e. The highest BCUT2D eigenvalue weighted by atomic mass is 16.5. The summed E-state index contributed by atoms with van der Waals surface area (Å²) in [6.07, 6.45) is 45.6. The highest BCUT2D eigenvalue weighted by Crippen LogP contribution is 2.18. The van der Waals surface area contributed by atoms with E-state index in [-0.39, 0.29) is 12.4 Å². The van der Waals surface area contributed by atoms with Gasteiger partial charge in [0.05, 0.1) is 6.42 Å². The summed E-state index contributed by atoms with van der Waals surface area (Å²) in [5.74, 6) is -1.08. The molecule has 0 saturated heterocycles. The summed E-state index contributed by atoms with van der Waals surface area (Å²) >= 11 is 0. The van der Waals surface area contributed by atoms with Gasteiger partial charge in [0.2, 0.25) is 0 Å². The van der Waals surface area contributed by atoms with Crippen molar-refractivity contribution in [3.8, 4) is 0 Å². The first-order valence-electron chi connectivity index (χ1n) is 21.0. The third kappa shape index (κ3) is 37.4. The number of ether oxygens (including phenoxy) is 1. The van der Waals surface area contributed by atoms with E-state index in [0.29, 0.717) is 12.8 Å². The van der Waals surface area contributed by atoms with E-state index >= 15 is 0 Å². The molecule has 0 radical (unpaired) electrons. The van der Waals surface area contributed by atoms with E-state index in [9.17, 15) is 14.7 Å². The number of rotatable bonds is 39. The Morgan fingerprint density at radius 3 is 0.957 bits per heavy atom. The molecule has 0 aromatic heterocycles. The Balaban J connectivity index is 3.56. The molecular formula is C42H82O4. The largest absolute Gasteiger partial charge is 0.481 e. The van der Waals surface area contributed by atoms with Crippen molar-refractivity contribution < 1.29 is 19.4 Å². The molecule has 46 heavy (non-hydrogen) atoms. The van der Waals surface area contributed by atoms with Gasteiger partial charge in [-0.3, -0.25) is 9.59 Å². The van der Waals surface area contributed by atoms with Gasteiger partial charge in [-0.25, -0.2) is 0 Å². The predicted octanol–water partition coefficient (Wildman–Crippen LogP) is 14.5. The summed E-state index contributed by atoms with van der Waals surface area (Å²) in [7, 11) is 0. The second-order valence-electron chi connectivity index (χ2n) is 14.6. The maximum Gasteiger partial charge on any atom is 0.307 e. The highest BCUT2D eigenvalue weighted by molar-refractivity contribution is 5.71. The minimum absolute atomic E-state index is 0.0658. The van der Waals surface area contributed by atoms with Crippen LogP contribution in [-0.2, 0) is 14.3 Å². The predicted molar refractivity (Wildman–Crippen MR) is 200 cm³/mol. The van der Waals surface area contributed by atoms with Crippen LogP contribution in [0.25, 0.3) is 0 Å². The number of aliphatic carboxylic acids is 1. The van der Waals surface area contributed by atoms with Gasteiger partial charge in [0.25, 0.3) is 0 Å². The molecule has 0 aliphatic carbocycles. The topological polar surface area (TPSA) is 63.6 Å². The molecule has 0 aromatic rings. The SMILES string of the molecule is CCCCCCCCCCCCCCCCCCCCCC(CC(=O)O)OC(=O)CCCCCCCCCCCCCCCCC. The Bertz CT molecular complexity index is 619. The Hall–Kier alpha value is -1.06. The summed E-state index contributed by atoms with van der Waals surface area (Å²) in [5.41, 5.74) is 0. The fraction of sp³-hybridized carbons (Fsp3) is 0.952. The van der Waals surface area contributed by atoms with Gasteiger partial charge in [-0.05, 0) is 19.3 Å². The molecule has 0 spiro atoms. The van der Waals surface area contributed by atoms with Gasteiger partial charge >= 0.3 is 11.9 Å². The Kier molecular flexibility index (Phi) is 37.5. The number of carboxylic acid groups (broad SMARTS) is 1. The van der Waals surface area contributed by atoms with Gasteiger partial charge in [0, 0.05) is 6.42 Å². The quantitative estimate of drug-likeness (QED) is 0.0531. The second kappa shape index (κ2) is 38.4.